The van der Waals surface area contributed by atoms with Gasteiger partial charge in [-0.15, -0.1) is 0 Å². The number of aliphatic carboxylic acids is 1. The van der Waals surface area contributed by atoms with Gasteiger partial charge in [0.1, 0.15) is 0 Å². The first-order valence-corrected chi connectivity index (χ1v) is 12.6. The van der Waals surface area contributed by atoms with Gasteiger partial charge in [-0.2, -0.15) is 16.9 Å². The number of benzene rings is 2. The zero-order valence-corrected chi connectivity index (χ0v) is 19.7. The maximum atomic E-state index is 12.8. The highest BCUT2D eigenvalue weighted by molar-refractivity contribution is 7.99. The number of amides is 1. The summed E-state index contributed by atoms with van der Waals surface area (Å²) < 4.78 is 0. The minimum atomic E-state index is -0.802. The van der Waals surface area contributed by atoms with Crippen LogP contribution in [-0.2, 0) is 11.2 Å². The number of thioether (sulfide) groups is 1. The van der Waals surface area contributed by atoms with E-state index in [4.69, 9.17) is 0 Å². The van der Waals surface area contributed by atoms with Crippen molar-refractivity contribution in [1.82, 2.24) is 9.91 Å². The van der Waals surface area contributed by atoms with Gasteiger partial charge in [-0.25, -0.2) is 0 Å². The summed E-state index contributed by atoms with van der Waals surface area (Å²) >= 11 is 1.95. The maximum absolute atomic E-state index is 12.8. The highest BCUT2D eigenvalue weighted by Crippen LogP contribution is 2.33. The molecule has 0 aromatic heterocycles. The van der Waals surface area contributed by atoms with Gasteiger partial charge in [-0.05, 0) is 53.8 Å². The summed E-state index contributed by atoms with van der Waals surface area (Å²) in [5.74, 6) is 1.27. The summed E-state index contributed by atoms with van der Waals surface area (Å²) in [6, 6.07) is 13.5. The molecule has 8 heteroatoms. The molecule has 2 aromatic rings. The lowest BCUT2D eigenvalue weighted by Crippen LogP contribution is -2.38. The molecule has 2 aliphatic rings. The number of carboxylic acids is 1. The Bertz CT molecular complexity index is 1020. The van der Waals surface area contributed by atoms with Crippen LogP contribution < -0.4 is 5.32 Å². The third-order valence-electron chi connectivity index (χ3n) is 6.12. The van der Waals surface area contributed by atoms with Crippen molar-refractivity contribution in [2.75, 3.05) is 43.0 Å². The molecule has 2 heterocycles. The molecule has 0 radical (unpaired) electrons. The van der Waals surface area contributed by atoms with Gasteiger partial charge in [0.15, 0.2) is 0 Å². The van der Waals surface area contributed by atoms with Crippen molar-refractivity contribution >= 4 is 35.5 Å². The molecular formula is C25H30N4O3S. The Labute approximate surface area is 198 Å². The van der Waals surface area contributed by atoms with E-state index in [0.29, 0.717) is 12.1 Å². The summed E-state index contributed by atoms with van der Waals surface area (Å²) in [6.07, 6.45) is 3.46. The summed E-state index contributed by atoms with van der Waals surface area (Å²) in [7, 11) is 0. The first-order chi connectivity index (χ1) is 16.0. The Morgan fingerprint density at radius 1 is 1.15 bits per heavy atom. The Kier molecular flexibility index (Phi) is 7.67. The molecule has 174 valence electrons. The fraction of sp³-hybridized carbons (Fsp3) is 0.400. The topological polar surface area (TPSA) is 85.2 Å². The predicted molar refractivity (Wildman–Crippen MR) is 133 cm³/mol. The monoisotopic (exact) mass is 466 g/mol. The average molecular weight is 467 g/mol. The van der Waals surface area contributed by atoms with Crippen molar-refractivity contribution in [3.05, 3.63) is 64.7 Å². The Morgan fingerprint density at radius 3 is 2.61 bits per heavy atom. The van der Waals surface area contributed by atoms with Crippen molar-refractivity contribution in [3.8, 4) is 0 Å². The predicted octanol–water partition coefficient (Wildman–Crippen LogP) is 3.72. The van der Waals surface area contributed by atoms with Gasteiger partial charge >= 0.3 is 5.97 Å². The number of anilines is 1. The van der Waals surface area contributed by atoms with Gasteiger partial charge in [-0.1, -0.05) is 25.1 Å². The summed E-state index contributed by atoms with van der Waals surface area (Å²) in [5.41, 5.74) is 4.64. The number of rotatable bonds is 7. The van der Waals surface area contributed by atoms with Crippen LogP contribution in [-0.4, -0.2) is 70.8 Å². The average Bonchev–Trinajstić information content (AvgIpc) is 2.83. The normalized spacial score (nSPS) is 18.8. The SMILES string of the molecule is CCC1c2ccc(NC(=O)c3ccc(C=NN4CCSCC4)cc3)cc2CCN1CC(=O)O. The third-order valence-corrected chi connectivity index (χ3v) is 7.07. The van der Waals surface area contributed by atoms with E-state index in [1.165, 1.54) is 5.56 Å². The van der Waals surface area contributed by atoms with Crippen LogP contribution in [0.4, 0.5) is 5.69 Å². The van der Waals surface area contributed by atoms with Crippen LogP contribution in [0.1, 0.15) is 46.4 Å². The van der Waals surface area contributed by atoms with E-state index in [9.17, 15) is 14.7 Å². The van der Waals surface area contributed by atoms with Gasteiger partial charge in [0.25, 0.3) is 5.91 Å². The Morgan fingerprint density at radius 2 is 1.91 bits per heavy atom. The van der Waals surface area contributed by atoms with E-state index in [0.717, 1.165) is 54.3 Å². The lowest BCUT2D eigenvalue weighted by molar-refractivity contribution is -0.139. The van der Waals surface area contributed by atoms with Crippen molar-refractivity contribution < 1.29 is 14.7 Å². The molecule has 1 fully saturated rings. The molecule has 0 spiro atoms. The maximum Gasteiger partial charge on any atom is 0.317 e. The number of carbonyl (C=O) groups is 2. The lowest BCUT2D eigenvalue weighted by Gasteiger charge is -2.36. The first-order valence-electron chi connectivity index (χ1n) is 11.4. The lowest BCUT2D eigenvalue weighted by atomic mass is 9.90. The van der Waals surface area contributed by atoms with Gasteiger partial charge in [-0.3, -0.25) is 19.5 Å². The highest BCUT2D eigenvalue weighted by atomic mass is 32.2. The van der Waals surface area contributed by atoms with Crippen molar-refractivity contribution in [2.45, 2.75) is 25.8 Å². The molecule has 0 saturated carbocycles. The molecule has 2 aliphatic heterocycles. The van der Waals surface area contributed by atoms with Crippen molar-refractivity contribution in [1.29, 1.82) is 0 Å². The first kappa shape index (κ1) is 23.3. The number of carboxylic acid groups (broad SMARTS) is 1. The smallest absolute Gasteiger partial charge is 0.317 e. The molecule has 1 unspecified atom stereocenters. The number of carbonyl (C=O) groups excluding carboxylic acids is 1. The molecule has 1 saturated heterocycles. The summed E-state index contributed by atoms with van der Waals surface area (Å²) in [5, 5.41) is 18.8. The zero-order chi connectivity index (χ0) is 23.2. The van der Waals surface area contributed by atoms with Crippen LogP contribution in [0.3, 0.4) is 0 Å². The second kappa shape index (κ2) is 10.9. The van der Waals surface area contributed by atoms with Gasteiger partial charge in [0, 0.05) is 48.4 Å². The van der Waals surface area contributed by atoms with Crippen molar-refractivity contribution in [2.24, 2.45) is 5.10 Å². The van der Waals surface area contributed by atoms with Gasteiger partial charge < -0.3 is 10.4 Å². The van der Waals surface area contributed by atoms with Crippen LogP contribution in [0.5, 0.6) is 0 Å². The number of hydrogen-bond donors (Lipinski definition) is 2. The highest BCUT2D eigenvalue weighted by Gasteiger charge is 2.27. The molecule has 2 N–H and O–H groups in total. The molecule has 2 aromatic carbocycles. The van der Waals surface area contributed by atoms with Crippen LogP contribution in [0.25, 0.3) is 0 Å². The van der Waals surface area contributed by atoms with E-state index >= 15 is 0 Å². The molecule has 0 bridgehead atoms. The Hall–Kier alpha value is -2.84. The number of hydrazone groups is 1. The molecule has 4 rings (SSSR count). The standard InChI is InChI=1S/C25H30N4O3S/c1-2-23-22-8-7-21(15-20(22)9-10-28(23)17-24(30)31)27-25(32)19-5-3-18(4-6-19)16-26-29-11-13-33-14-12-29/h3-8,15-16,23H,2,9-14,17H2,1H3,(H,27,32)(H,30,31). The molecular weight excluding hydrogens is 436 g/mol. The number of fused-ring (bicyclic) bond motifs is 1. The second-order valence-corrected chi connectivity index (χ2v) is 9.56. The van der Waals surface area contributed by atoms with Crippen LogP contribution >= 0.6 is 11.8 Å². The van der Waals surface area contributed by atoms with Crippen LogP contribution in [0, 0.1) is 0 Å². The molecule has 0 aliphatic carbocycles. The number of hydrogen-bond acceptors (Lipinski definition) is 6. The summed E-state index contributed by atoms with van der Waals surface area (Å²) in [4.78, 5) is 26.0. The number of nitrogens with zero attached hydrogens (tertiary/aromatic N) is 3. The quantitative estimate of drug-likeness (QED) is 0.605. The Balaban J connectivity index is 1.39. The molecule has 1 atom stereocenters. The fourth-order valence-corrected chi connectivity index (χ4v) is 5.31. The summed E-state index contributed by atoms with van der Waals surface area (Å²) in [6.45, 7) is 4.77. The minimum absolute atomic E-state index is 0.0498. The molecule has 7 nitrogen and oxygen atoms in total. The van der Waals surface area contributed by atoms with Crippen LogP contribution in [0.2, 0.25) is 0 Å². The third kappa shape index (κ3) is 5.94. The van der Waals surface area contributed by atoms with E-state index in [1.54, 1.807) is 0 Å². The second-order valence-electron chi connectivity index (χ2n) is 8.34. The zero-order valence-electron chi connectivity index (χ0n) is 18.9. The number of nitrogens with one attached hydrogen (secondary N) is 1. The van der Waals surface area contributed by atoms with E-state index in [2.05, 4.69) is 22.4 Å². The molecule has 1 amide bonds. The largest absolute Gasteiger partial charge is 0.480 e. The van der Waals surface area contributed by atoms with E-state index < -0.39 is 5.97 Å². The molecule has 33 heavy (non-hydrogen) atoms. The van der Waals surface area contributed by atoms with E-state index in [1.807, 2.05) is 65.3 Å². The van der Waals surface area contributed by atoms with E-state index in [-0.39, 0.29) is 18.5 Å². The van der Waals surface area contributed by atoms with Crippen LogP contribution in [0.15, 0.2) is 47.6 Å². The minimum Gasteiger partial charge on any atom is -0.480 e. The van der Waals surface area contributed by atoms with Gasteiger partial charge in [0.2, 0.25) is 0 Å². The fourth-order valence-electron chi connectivity index (χ4n) is 4.42. The van der Waals surface area contributed by atoms with Crippen molar-refractivity contribution in [3.63, 3.8) is 0 Å². The van der Waals surface area contributed by atoms with Gasteiger partial charge in [0.05, 0.1) is 12.8 Å².